The van der Waals surface area contributed by atoms with Gasteiger partial charge in [0, 0.05) is 42.5 Å². The van der Waals surface area contributed by atoms with Crippen molar-refractivity contribution >= 4 is 35.2 Å². The molecule has 0 saturated heterocycles. The quantitative estimate of drug-likeness (QED) is 0.385. The molecule has 0 aliphatic carbocycles. The zero-order valence-corrected chi connectivity index (χ0v) is 23.6. The lowest BCUT2D eigenvalue weighted by atomic mass is 9.82. The summed E-state index contributed by atoms with van der Waals surface area (Å²) < 4.78 is 10.9. The van der Waals surface area contributed by atoms with Gasteiger partial charge in [-0.15, -0.1) is 0 Å². The zero-order chi connectivity index (χ0) is 28.1. The Bertz CT molecular complexity index is 1180. The Morgan fingerprint density at radius 1 is 1.11 bits per heavy atom. The van der Waals surface area contributed by atoms with Gasteiger partial charge in [0.2, 0.25) is 5.91 Å². The van der Waals surface area contributed by atoms with Gasteiger partial charge in [-0.3, -0.25) is 14.9 Å². The molecule has 0 fully saturated rings. The number of likely N-dealkylation sites (N-methyl/N-ethyl adjacent to an activating group) is 1. The molecule has 0 spiro atoms. The highest BCUT2D eigenvalue weighted by atomic mass is 35.5. The second kappa shape index (κ2) is 12.0. The van der Waals surface area contributed by atoms with Gasteiger partial charge in [0.05, 0.1) is 13.2 Å². The number of hydrogen-bond donors (Lipinski definition) is 3. The minimum Gasteiger partial charge on any atom is -0.496 e. The van der Waals surface area contributed by atoms with Gasteiger partial charge in [0.1, 0.15) is 11.4 Å². The number of hydrogen-bond acceptors (Lipinski definition) is 6. The van der Waals surface area contributed by atoms with E-state index in [1.807, 2.05) is 18.2 Å². The van der Waals surface area contributed by atoms with E-state index in [9.17, 15) is 14.4 Å². The van der Waals surface area contributed by atoms with Crippen molar-refractivity contribution in [3.05, 3.63) is 58.6 Å². The third-order valence-electron chi connectivity index (χ3n) is 6.20. The van der Waals surface area contributed by atoms with Crippen LogP contribution in [0.15, 0.2) is 42.5 Å². The van der Waals surface area contributed by atoms with E-state index in [1.54, 1.807) is 66.2 Å². The van der Waals surface area contributed by atoms with Crippen molar-refractivity contribution in [2.75, 3.05) is 33.1 Å². The smallest absolute Gasteiger partial charge is 0.407 e. The number of carbonyl (C=O) groups excluding carboxylic acids is 3. The van der Waals surface area contributed by atoms with Crippen LogP contribution in [0, 0.1) is 0 Å². The molecule has 0 saturated carbocycles. The van der Waals surface area contributed by atoms with Gasteiger partial charge in [-0.25, -0.2) is 4.79 Å². The highest BCUT2D eigenvalue weighted by Gasteiger charge is 2.51. The van der Waals surface area contributed by atoms with Gasteiger partial charge in [0.25, 0.3) is 5.91 Å². The molecule has 3 amide bonds. The standard InChI is InChI=1S/C28H37ClN4O5/c1-27(2,3)38-26(36)30-16-10-9-12-22(24(34)33(4)5)32-28(19-11-7-8-13-23(19)37-6)20-17-18(29)14-15-21(20)31-25(28)35/h7-8,11,13-15,17,22,32H,9-10,12,16H2,1-6H3,(H,30,36)(H,31,35)/t22-,28?/m0/s1. The Morgan fingerprint density at radius 2 is 1.82 bits per heavy atom. The summed E-state index contributed by atoms with van der Waals surface area (Å²) in [6.07, 6.45) is 1.17. The van der Waals surface area contributed by atoms with E-state index >= 15 is 0 Å². The maximum absolute atomic E-state index is 13.8. The maximum Gasteiger partial charge on any atom is 0.407 e. The molecular weight excluding hydrogens is 508 g/mol. The van der Waals surface area contributed by atoms with E-state index in [2.05, 4.69) is 16.0 Å². The molecule has 2 aromatic carbocycles. The SMILES string of the molecule is COc1ccccc1C1(N[C@@H](CCCCNC(=O)OC(C)(C)C)C(=O)N(C)C)C(=O)Nc2ccc(Cl)cc21. The average Bonchev–Trinajstić information content (AvgIpc) is 3.12. The Balaban J connectivity index is 1.90. The average molecular weight is 545 g/mol. The zero-order valence-electron chi connectivity index (χ0n) is 22.8. The van der Waals surface area contributed by atoms with Crippen LogP contribution < -0.4 is 20.7 Å². The van der Waals surface area contributed by atoms with E-state index in [-0.39, 0.29) is 11.8 Å². The summed E-state index contributed by atoms with van der Waals surface area (Å²) in [7, 11) is 4.89. The van der Waals surface area contributed by atoms with Gasteiger partial charge in [-0.2, -0.15) is 0 Å². The fraction of sp³-hybridized carbons (Fsp3) is 0.464. The Kier molecular flexibility index (Phi) is 9.27. The molecule has 9 nitrogen and oxygen atoms in total. The topological polar surface area (TPSA) is 109 Å². The monoisotopic (exact) mass is 544 g/mol. The van der Waals surface area contributed by atoms with E-state index in [1.165, 1.54) is 4.90 Å². The van der Waals surface area contributed by atoms with Crippen molar-refractivity contribution in [2.45, 2.75) is 57.2 Å². The number of halogens is 1. The number of para-hydroxylation sites is 1. The molecule has 2 aromatic rings. The molecule has 3 N–H and O–H groups in total. The molecule has 0 radical (unpaired) electrons. The van der Waals surface area contributed by atoms with E-state index in [4.69, 9.17) is 21.1 Å². The maximum atomic E-state index is 13.8. The van der Waals surface area contributed by atoms with Gasteiger partial charge >= 0.3 is 6.09 Å². The first-order valence-electron chi connectivity index (χ1n) is 12.6. The number of nitrogens with one attached hydrogen (secondary N) is 3. The molecule has 2 atom stereocenters. The number of benzene rings is 2. The van der Waals surface area contributed by atoms with Crippen LogP contribution in [0.25, 0.3) is 0 Å². The van der Waals surface area contributed by atoms with Crippen molar-refractivity contribution in [1.29, 1.82) is 0 Å². The predicted molar refractivity (Wildman–Crippen MR) is 148 cm³/mol. The summed E-state index contributed by atoms with van der Waals surface area (Å²) in [5.41, 5.74) is -0.203. The fourth-order valence-corrected chi connectivity index (χ4v) is 4.70. The predicted octanol–water partition coefficient (Wildman–Crippen LogP) is 4.29. The molecule has 0 bridgehead atoms. The summed E-state index contributed by atoms with van der Waals surface area (Å²) in [4.78, 5) is 40.6. The second-order valence-corrected chi connectivity index (χ2v) is 10.9. The summed E-state index contributed by atoms with van der Waals surface area (Å²) >= 11 is 6.37. The number of ether oxygens (including phenoxy) is 2. The van der Waals surface area contributed by atoms with E-state index in [0.29, 0.717) is 53.4 Å². The summed E-state index contributed by atoms with van der Waals surface area (Å²) in [5.74, 6) is -0.00865. The van der Waals surface area contributed by atoms with Crippen molar-refractivity contribution < 1.29 is 23.9 Å². The van der Waals surface area contributed by atoms with Crippen LogP contribution >= 0.6 is 11.6 Å². The molecule has 206 valence electrons. The number of fused-ring (bicyclic) bond motifs is 1. The van der Waals surface area contributed by atoms with Crippen LogP contribution in [0.1, 0.15) is 51.2 Å². The van der Waals surface area contributed by atoms with E-state index in [0.717, 1.165) is 0 Å². The Morgan fingerprint density at radius 3 is 2.47 bits per heavy atom. The van der Waals surface area contributed by atoms with Crippen molar-refractivity contribution in [1.82, 2.24) is 15.5 Å². The lowest BCUT2D eigenvalue weighted by Crippen LogP contribution is -2.57. The summed E-state index contributed by atoms with van der Waals surface area (Å²) in [6, 6.07) is 11.7. The lowest BCUT2D eigenvalue weighted by Gasteiger charge is -2.35. The lowest BCUT2D eigenvalue weighted by molar-refractivity contribution is -0.132. The highest BCUT2D eigenvalue weighted by Crippen LogP contribution is 2.45. The number of anilines is 1. The van der Waals surface area contributed by atoms with Gasteiger partial charge in [0.15, 0.2) is 5.54 Å². The van der Waals surface area contributed by atoms with Crippen molar-refractivity contribution in [2.24, 2.45) is 0 Å². The number of rotatable bonds is 10. The number of carbonyl (C=O) groups is 3. The number of unbranched alkanes of at least 4 members (excludes halogenated alkanes) is 1. The van der Waals surface area contributed by atoms with Crippen LogP contribution in [0.4, 0.5) is 10.5 Å². The normalized spacial score (nSPS) is 17.3. The molecule has 1 unspecified atom stereocenters. The third kappa shape index (κ3) is 6.57. The number of nitrogens with zero attached hydrogens (tertiary/aromatic N) is 1. The molecule has 0 aromatic heterocycles. The largest absolute Gasteiger partial charge is 0.496 e. The number of alkyl carbamates (subject to hydrolysis) is 1. The Labute approximate surface area is 229 Å². The van der Waals surface area contributed by atoms with Crippen LogP contribution in [-0.4, -0.2) is 62.2 Å². The highest BCUT2D eigenvalue weighted by molar-refractivity contribution is 6.31. The molecule has 1 heterocycles. The van der Waals surface area contributed by atoms with Crippen LogP contribution in [0.5, 0.6) is 5.75 Å². The first-order chi connectivity index (χ1) is 17.9. The molecule has 1 aliphatic heterocycles. The van der Waals surface area contributed by atoms with Gasteiger partial charge < -0.3 is 25.0 Å². The van der Waals surface area contributed by atoms with Gasteiger partial charge in [-0.1, -0.05) is 29.8 Å². The fourth-order valence-electron chi connectivity index (χ4n) is 4.53. The number of amides is 3. The van der Waals surface area contributed by atoms with Crippen molar-refractivity contribution in [3.8, 4) is 5.75 Å². The minimum absolute atomic E-state index is 0.178. The van der Waals surface area contributed by atoms with E-state index < -0.39 is 23.3 Å². The first-order valence-corrected chi connectivity index (χ1v) is 13.0. The molecule has 38 heavy (non-hydrogen) atoms. The minimum atomic E-state index is -1.42. The summed E-state index contributed by atoms with van der Waals surface area (Å²) in [6.45, 7) is 5.81. The molecule has 10 heteroatoms. The molecule has 3 rings (SSSR count). The van der Waals surface area contributed by atoms with Crippen molar-refractivity contribution in [3.63, 3.8) is 0 Å². The molecule has 1 aliphatic rings. The van der Waals surface area contributed by atoms with Crippen LogP contribution in [0.2, 0.25) is 5.02 Å². The van der Waals surface area contributed by atoms with Crippen LogP contribution in [-0.2, 0) is 19.9 Å². The Hall–Kier alpha value is -3.30. The number of methoxy groups -OCH3 is 1. The third-order valence-corrected chi connectivity index (χ3v) is 6.44. The second-order valence-electron chi connectivity index (χ2n) is 10.4. The molecular formula is C28H37ClN4O5. The first kappa shape index (κ1) is 29.3. The van der Waals surface area contributed by atoms with Crippen LogP contribution in [0.3, 0.4) is 0 Å². The van der Waals surface area contributed by atoms with Gasteiger partial charge in [-0.05, 0) is 64.3 Å². The summed E-state index contributed by atoms with van der Waals surface area (Å²) in [5, 5.41) is 9.56.